The third kappa shape index (κ3) is 3.21. The van der Waals surface area contributed by atoms with E-state index in [2.05, 4.69) is 4.98 Å². The van der Waals surface area contributed by atoms with Crippen LogP contribution in [0.4, 0.5) is 5.82 Å². The van der Waals surface area contributed by atoms with E-state index in [0.717, 1.165) is 5.56 Å². The second kappa shape index (κ2) is 6.11. The van der Waals surface area contributed by atoms with Crippen LogP contribution in [-0.2, 0) is 6.54 Å². The quantitative estimate of drug-likeness (QED) is 0.935. The normalized spacial score (nSPS) is 10.3. The first-order valence-electron chi connectivity index (χ1n) is 5.82. The maximum Gasteiger partial charge on any atom is 0.337 e. The molecule has 1 aromatic carbocycles. The van der Waals surface area contributed by atoms with E-state index in [9.17, 15) is 4.79 Å². The van der Waals surface area contributed by atoms with Crippen molar-refractivity contribution in [1.82, 2.24) is 4.98 Å². The molecule has 0 spiro atoms. The lowest BCUT2D eigenvalue weighted by Gasteiger charge is -2.19. The molecule has 0 saturated heterocycles. The molecule has 0 saturated carbocycles. The highest BCUT2D eigenvalue weighted by molar-refractivity contribution is 6.33. The highest BCUT2D eigenvalue weighted by Gasteiger charge is 2.13. The van der Waals surface area contributed by atoms with Crippen LogP contribution in [0.5, 0.6) is 0 Å². The van der Waals surface area contributed by atoms with Crippen LogP contribution in [0.2, 0.25) is 10.0 Å². The van der Waals surface area contributed by atoms with E-state index in [1.54, 1.807) is 0 Å². The number of anilines is 1. The maximum atomic E-state index is 11.1. The van der Waals surface area contributed by atoms with Gasteiger partial charge in [-0.25, -0.2) is 9.78 Å². The molecule has 20 heavy (non-hydrogen) atoms. The number of benzene rings is 1. The van der Waals surface area contributed by atoms with Gasteiger partial charge < -0.3 is 10.0 Å². The predicted molar refractivity (Wildman–Crippen MR) is 79.8 cm³/mol. The molecule has 0 unspecified atom stereocenters. The highest BCUT2D eigenvalue weighted by atomic mass is 35.5. The zero-order valence-corrected chi connectivity index (χ0v) is 12.2. The highest BCUT2D eigenvalue weighted by Crippen LogP contribution is 2.23. The Kier molecular flexibility index (Phi) is 4.47. The molecular weight excluding hydrogens is 299 g/mol. The standard InChI is InChI=1S/C14H12Cl2N2O2/c1-18(8-9-4-2-3-5-11(9)15)13-6-10(14(19)20)12(16)7-17-13/h2-7H,8H2,1H3,(H,19,20). The van der Waals surface area contributed by atoms with Crippen LogP contribution < -0.4 is 4.90 Å². The summed E-state index contributed by atoms with van der Waals surface area (Å²) in [5.41, 5.74) is 0.966. The molecule has 6 heteroatoms. The van der Waals surface area contributed by atoms with Crippen LogP contribution in [-0.4, -0.2) is 23.1 Å². The lowest BCUT2D eigenvalue weighted by atomic mass is 10.2. The van der Waals surface area contributed by atoms with Gasteiger partial charge in [0.15, 0.2) is 0 Å². The van der Waals surface area contributed by atoms with Crippen molar-refractivity contribution in [3.05, 3.63) is 57.7 Å². The number of hydrogen-bond acceptors (Lipinski definition) is 3. The number of aromatic carboxylic acids is 1. The Bertz CT molecular complexity index is 647. The van der Waals surface area contributed by atoms with Crippen molar-refractivity contribution in [2.24, 2.45) is 0 Å². The minimum absolute atomic E-state index is 0.0303. The maximum absolute atomic E-state index is 11.1. The monoisotopic (exact) mass is 310 g/mol. The van der Waals surface area contributed by atoms with Gasteiger partial charge in [0.05, 0.1) is 10.6 Å². The fourth-order valence-electron chi connectivity index (χ4n) is 1.76. The van der Waals surface area contributed by atoms with E-state index >= 15 is 0 Å². The Labute approximate surface area is 126 Å². The van der Waals surface area contributed by atoms with Gasteiger partial charge in [-0.2, -0.15) is 0 Å². The second-order valence-corrected chi connectivity index (χ2v) is 5.09. The minimum atomic E-state index is -1.08. The summed E-state index contributed by atoms with van der Waals surface area (Å²) >= 11 is 11.9. The average molecular weight is 311 g/mol. The van der Waals surface area contributed by atoms with Gasteiger partial charge in [-0.15, -0.1) is 0 Å². The first kappa shape index (κ1) is 14.6. The van der Waals surface area contributed by atoms with Crippen LogP contribution in [0.25, 0.3) is 0 Å². The average Bonchev–Trinajstić information content (AvgIpc) is 2.41. The lowest BCUT2D eigenvalue weighted by Crippen LogP contribution is -2.18. The van der Waals surface area contributed by atoms with Gasteiger partial charge in [0.1, 0.15) is 5.82 Å². The van der Waals surface area contributed by atoms with E-state index in [0.29, 0.717) is 17.4 Å². The molecule has 0 bridgehead atoms. The van der Waals surface area contributed by atoms with E-state index in [4.69, 9.17) is 28.3 Å². The Hall–Kier alpha value is -1.78. The van der Waals surface area contributed by atoms with Gasteiger partial charge in [0.2, 0.25) is 0 Å². The number of hydrogen-bond donors (Lipinski definition) is 1. The third-order valence-electron chi connectivity index (χ3n) is 2.83. The molecule has 1 aromatic heterocycles. The number of nitrogens with zero attached hydrogens (tertiary/aromatic N) is 2. The van der Waals surface area contributed by atoms with Gasteiger partial charge in [-0.3, -0.25) is 0 Å². The summed E-state index contributed by atoms with van der Waals surface area (Å²) in [4.78, 5) is 17.0. The van der Waals surface area contributed by atoms with Gasteiger partial charge in [-0.05, 0) is 17.7 Å². The second-order valence-electron chi connectivity index (χ2n) is 4.27. The van der Waals surface area contributed by atoms with E-state index in [1.165, 1.54) is 12.3 Å². The fourth-order valence-corrected chi connectivity index (χ4v) is 2.14. The molecule has 2 aromatic rings. The van der Waals surface area contributed by atoms with Crippen molar-refractivity contribution in [3.8, 4) is 0 Å². The summed E-state index contributed by atoms with van der Waals surface area (Å²) in [7, 11) is 1.81. The SMILES string of the molecule is CN(Cc1ccccc1Cl)c1cc(C(=O)O)c(Cl)cn1. The lowest BCUT2D eigenvalue weighted by molar-refractivity contribution is 0.0697. The number of rotatable bonds is 4. The van der Waals surface area contributed by atoms with Gasteiger partial charge in [0, 0.05) is 24.8 Å². The molecule has 0 fully saturated rings. The van der Waals surface area contributed by atoms with Crippen molar-refractivity contribution in [3.63, 3.8) is 0 Å². The smallest absolute Gasteiger partial charge is 0.337 e. The van der Waals surface area contributed by atoms with Crippen LogP contribution in [0.3, 0.4) is 0 Å². The molecular formula is C14H12Cl2N2O2. The molecule has 0 aliphatic heterocycles. The summed E-state index contributed by atoms with van der Waals surface area (Å²) in [5, 5.41) is 9.83. The number of carbonyl (C=O) groups is 1. The van der Waals surface area contributed by atoms with Crippen molar-refractivity contribution >= 4 is 35.0 Å². The number of carboxylic acid groups (broad SMARTS) is 1. The molecule has 1 N–H and O–H groups in total. The molecule has 4 nitrogen and oxygen atoms in total. The number of halogens is 2. The van der Waals surface area contributed by atoms with Gasteiger partial charge >= 0.3 is 5.97 Å². The molecule has 0 aliphatic rings. The van der Waals surface area contributed by atoms with E-state index < -0.39 is 5.97 Å². The first-order valence-corrected chi connectivity index (χ1v) is 6.58. The van der Waals surface area contributed by atoms with Crippen molar-refractivity contribution in [2.45, 2.75) is 6.54 Å². The zero-order valence-electron chi connectivity index (χ0n) is 10.7. The molecule has 0 amide bonds. The molecule has 0 radical (unpaired) electrons. The Morgan fingerprint density at radius 1 is 1.30 bits per heavy atom. The Morgan fingerprint density at radius 2 is 2.00 bits per heavy atom. The van der Waals surface area contributed by atoms with Crippen molar-refractivity contribution in [2.75, 3.05) is 11.9 Å². The van der Waals surface area contributed by atoms with Crippen LogP contribution in [0.1, 0.15) is 15.9 Å². The van der Waals surface area contributed by atoms with Crippen LogP contribution in [0.15, 0.2) is 36.5 Å². The van der Waals surface area contributed by atoms with Crippen molar-refractivity contribution < 1.29 is 9.90 Å². The summed E-state index contributed by atoms with van der Waals surface area (Å²) in [6, 6.07) is 8.92. The molecule has 1 heterocycles. The fraction of sp³-hybridized carbons (Fsp3) is 0.143. The third-order valence-corrected chi connectivity index (χ3v) is 3.50. The topological polar surface area (TPSA) is 53.4 Å². The molecule has 2 rings (SSSR count). The summed E-state index contributed by atoms with van der Waals surface area (Å²) < 4.78 is 0. The summed E-state index contributed by atoms with van der Waals surface area (Å²) in [5.74, 6) is -0.559. The first-order chi connectivity index (χ1) is 9.49. The largest absolute Gasteiger partial charge is 0.478 e. The summed E-state index contributed by atoms with van der Waals surface area (Å²) in [6.07, 6.45) is 1.34. The zero-order chi connectivity index (χ0) is 14.7. The molecule has 0 aliphatic carbocycles. The van der Waals surface area contributed by atoms with E-state index in [-0.39, 0.29) is 10.6 Å². The molecule has 104 valence electrons. The van der Waals surface area contributed by atoms with Gasteiger partial charge in [0.25, 0.3) is 0 Å². The van der Waals surface area contributed by atoms with Crippen molar-refractivity contribution in [1.29, 1.82) is 0 Å². The Morgan fingerprint density at radius 3 is 2.65 bits per heavy atom. The van der Waals surface area contributed by atoms with Crippen LogP contribution in [0, 0.1) is 0 Å². The van der Waals surface area contributed by atoms with Gasteiger partial charge in [-0.1, -0.05) is 41.4 Å². The van der Waals surface area contributed by atoms with E-state index in [1.807, 2.05) is 36.2 Å². The Balaban J connectivity index is 2.26. The number of aromatic nitrogens is 1. The number of pyridine rings is 1. The summed E-state index contributed by atoms with van der Waals surface area (Å²) in [6.45, 7) is 0.521. The van der Waals surface area contributed by atoms with Crippen LogP contribution >= 0.6 is 23.2 Å². The number of carboxylic acids is 1. The minimum Gasteiger partial charge on any atom is -0.478 e. The molecule has 0 atom stereocenters. The predicted octanol–water partition coefficient (Wildman–Crippen LogP) is 3.72.